The first-order valence-electron chi connectivity index (χ1n) is 6.34. The molecule has 0 spiro atoms. The van der Waals surface area contributed by atoms with Gasteiger partial charge in [-0.05, 0) is 6.42 Å². The zero-order valence-electron chi connectivity index (χ0n) is 11.3. The molecule has 1 aliphatic rings. The fraction of sp³-hybridized carbons (Fsp3) is 0.900. The molecule has 0 heterocycles. The molecule has 1 unspecified atom stereocenters. The van der Waals surface area contributed by atoms with Crippen molar-refractivity contribution >= 4 is 16.2 Å². The number of aliphatic hydroxyl groups excluding tert-OH is 5. The molecule has 1 amide bonds. The molecular formula is C10H19NO10S. The van der Waals surface area contributed by atoms with E-state index in [0.717, 1.165) is 0 Å². The summed E-state index contributed by atoms with van der Waals surface area (Å²) in [7, 11) is -4.15. The minimum atomic E-state index is -4.15. The van der Waals surface area contributed by atoms with Crippen LogP contribution in [0.15, 0.2) is 0 Å². The largest absolute Gasteiger partial charge is 0.440 e. The van der Waals surface area contributed by atoms with Gasteiger partial charge in [0, 0.05) is 6.54 Å². The van der Waals surface area contributed by atoms with E-state index in [-0.39, 0.29) is 13.0 Å². The van der Waals surface area contributed by atoms with Crippen LogP contribution in [0, 0.1) is 0 Å². The van der Waals surface area contributed by atoms with E-state index < -0.39 is 58.6 Å². The fourth-order valence-electron chi connectivity index (χ4n) is 1.95. The summed E-state index contributed by atoms with van der Waals surface area (Å²) >= 11 is 0. The van der Waals surface area contributed by atoms with Crippen molar-refractivity contribution in [3.63, 3.8) is 0 Å². The van der Waals surface area contributed by atoms with Gasteiger partial charge in [-0.25, -0.2) is 4.79 Å². The molecule has 0 aromatic rings. The molecule has 0 radical (unpaired) electrons. The van der Waals surface area contributed by atoms with Gasteiger partial charge in [-0.2, -0.15) is 8.42 Å². The van der Waals surface area contributed by atoms with Crippen LogP contribution in [-0.2, 0) is 14.9 Å². The number of ether oxygens (including phenoxy) is 1. The van der Waals surface area contributed by atoms with Crippen molar-refractivity contribution < 1.29 is 48.0 Å². The Bertz CT molecular complexity index is 466. The summed E-state index contributed by atoms with van der Waals surface area (Å²) in [5.74, 6) is -0.578. The topological polar surface area (TPSA) is 194 Å². The van der Waals surface area contributed by atoms with Gasteiger partial charge in [-0.3, -0.25) is 4.55 Å². The smallest absolute Gasteiger partial charge is 0.407 e. The highest BCUT2D eigenvalue weighted by atomic mass is 32.2. The van der Waals surface area contributed by atoms with Gasteiger partial charge in [0.25, 0.3) is 10.1 Å². The van der Waals surface area contributed by atoms with E-state index in [1.54, 1.807) is 0 Å². The second kappa shape index (κ2) is 7.50. The van der Waals surface area contributed by atoms with Gasteiger partial charge in [0.15, 0.2) is 6.10 Å². The molecule has 11 nitrogen and oxygen atoms in total. The first kappa shape index (κ1) is 19.0. The maximum Gasteiger partial charge on any atom is 0.407 e. The molecule has 1 fully saturated rings. The molecule has 0 saturated heterocycles. The molecule has 130 valence electrons. The molecule has 1 rings (SSSR count). The molecule has 7 N–H and O–H groups in total. The Kier molecular flexibility index (Phi) is 6.49. The van der Waals surface area contributed by atoms with Crippen molar-refractivity contribution in [1.82, 2.24) is 5.32 Å². The molecule has 6 atom stereocenters. The van der Waals surface area contributed by atoms with E-state index in [9.17, 15) is 38.7 Å². The molecule has 1 aliphatic carbocycles. The summed E-state index contributed by atoms with van der Waals surface area (Å²) in [5, 5.41) is 49.6. The van der Waals surface area contributed by atoms with Crippen molar-refractivity contribution in [2.45, 2.75) is 43.0 Å². The van der Waals surface area contributed by atoms with Crippen LogP contribution in [0.5, 0.6) is 0 Å². The minimum absolute atomic E-state index is 0.104. The first-order chi connectivity index (χ1) is 10.0. The van der Waals surface area contributed by atoms with Crippen LogP contribution >= 0.6 is 0 Å². The molecule has 0 aromatic carbocycles. The number of nitrogens with one attached hydrogen (secondary N) is 1. The van der Waals surface area contributed by atoms with Crippen LogP contribution in [0.4, 0.5) is 4.79 Å². The number of hydrogen-bond acceptors (Lipinski definition) is 9. The quantitative estimate of drug-likeness (QED) is 0.192. The Morgan fingerprint density at radius 3 is 1.86 bits per heavy atom. The lowest BCUT2D eigenvalue weighted by Gasteiger charge is -2.40. The minimum Gasteiger partial charge on any atom is -0.440 e. The van der Waals surface area contributed by atoms with Gasteiger partial charge >= 0.3 is 6.09 Å². The maximum absolute atomic E-state index is 11.4. The van der Waals surface area contributed by atoms with E-state index in [2.05, 4.69) is 10.1 Å². The number of carbonyl (C=O) groups excluding carboxylic acids is 1. The average molecular weight is 345 g/mol. The third-order valence-electron chi connectivity index (χ3n) is 3.16. The molecule has 0 aliphatic heterocycles. The van der Waals surface area contributed by atoms with Crippen LogP contribution < -0.4 is 5.32 Å². The molecule has 0 bridgehead atoms. The number of carbonyl (C=O) groups is 1. The molecular weight excluding hydrogens is 326 g/mol. The number of hydrogen-bond donors (Lipinski definition) is 7. The van der Waals surface area contributed by atoms with Gasteiger partial charge in [0.05, 0.1) is 5.75 Å². The second-order valence-electron chi connectivity index (χ2n) is 4.89. The van der Waals surface area contributed by atoms with Gasteiger partial charge in [-0.15, -0.1) is 0 Å². The van der Waals surface area contributed by atoms with Gasteiger partial charge in [0.1, 0.15) is 30.5 Å². The summed E-state index contributed by atoms with van der Waals surface area (Å²) in [6.07, 6.45) is -12.0. The van der Waals surface area contributed by atoms with E-state index in [4.69, 9.17) is 4.55 Å². The molecule has 22 heavy (non-hydrogen) atoms. The van der Waals surface area contributed by atoms with Gasteiger partial charge in [0.2, 0.25) is 0 Å². The summed E-state index contributed by atoms with van der Waals surface area (Å²) in [5.41, 5.74) is 0. The van der Waals surface area contributed by atoms with Gasteiger partial charge in [-0.1, -0.05) is 0 Å². The highest BCUT2D eigenvalue weighted by Gasteiger charge is 2.50. The lowest BCUT2D eigenvalue weighted by molar-refractivity contribution is -0.222. The summed E-state index contributed by atoms with van der Waals surface area (Å²) in [4.78, 5) is 11.4. The Morgan fingerprint density at radius 1 is 0.955 bits per heavy atom. The summed E-state index contributed by atoms with van der Waals surface area (Å²) < 4.78 is 34.0. The Balaban J connectivity index is 2.49. The highest BCUT2D eigenvalue weighted by Crippen LogP contribution is 2.23. The van der Waals surface area contributed by atoms with E-state index in [0.29, 0.717) is 0 Å². The zero-order chi connectivity index (χ0) is 17.1. The van der Waals surface area contributed by atoms with Crippen molar-refractivity contribution in [3.8, 4) is 0 Å². The van der Waals surface area contributed by atoms with Crippen LogP contribution in [0.1, 0.15) is 6.42 Å². The van der Waals surface area contributed by atoms with Crippen LogP contribution in [0.2, 0.25) is 0 Å². The number of alkyl carbamates (subject to hydrolysis) is 1. The van der Waals surface area contributed by atoms with Crippen molar-refractivity contribution in [3.05, 3.63) is 0 Å². The molecule has 1 saturated carbocycles. The fourth-order valence-corrected chi connectivity index (χ4v) is 2.46. The van der Waals surface area contributed by atoms with Crippen molar-refractivity contribution in [2.24, 2.45) is 0 Å². The summed E-state index contributed by atoms with van der Waals surface area (Å²) in [6, 6.07) is 0. The third-order valence-corrected chi connectivity index (χ3v) is 3.97. The van der Waals surface area contributed by atoms with E-state index in [1.165, 1.54) is 0 Å². The molecule has 12 heteroatoms. The average Bonchev–Trinajstić information content (AvgIpc) is 2.43. The SMILES string of the molecule is O=C(NCCCS(=O)(=O)O)O[C@@H]1C(O)[C@@H](O)[C@H](O)[C@@H](O)[C@@H]1O. The Hall–Kier alpha value is -1.02. The van der Waals surface area contributed by atoms with Crippen LogP contribution in [0.3, 0.4) is 0 Å². The van der Waals surface area contributed by atoms with Gasteiger partial charge < -0.3 is 35.6 Å². The van der Waals surface area contributed by atoms with Crippen molar-refractivity contribution in [2.75, 3.05) is 12.3 Å². The Morgan fingerprint density at radius 2 is 1.41 bits per heavy atom. The lowest BCUT2D eigenvalue weighted by atomic mass is 9.85. The third kappa shape index (κ3) is 5.01. The van der Waals surface area contributed by atoms with E-state index >= 15 is 0 Å². The predicted octanol–water partition coefficient (Wildman–Crippen LogP) is -3.82. The lowest BCUT2D eigenvalue weighted by Crippen LogP contribution is -2.64. The van der Waals surface area contributed by atoms with Crippen LogP contribution in [-0.4, -0.2) is 93.5 Å². The Labute approximate surface area is 125 Å². The first-order valence-corrected chi connectivity index (χ1v) is 7.95. The number of rotatable bonds is 5. The normalized spacial score (nSPS) is 35.9. The van der Waals surface area contributed by atoms with E-state index in [1.807, 2.05) is 0 Å². The zero-order valence-corrected chi connectivity index (χ0v) is 12.1. The number of aliphatic hydroxyl groups is 5. The monoisotopic (exact) mass is 345 g/mol. The molecule has 0 aromatic heterocycles. The summed E-state index contributed by atoms with van der Waals surface area (Å²) in [6.45, 7) is -0.175. The van der Waals surface area contributed by atoms with Crippen LogP contribution in [0.25, 0.3) is 0 Å². The predicted molar refractivity (Wildman–Crippen MR) is 69.3 cm³/mol. The second-order valence-corrected chi connectivity index (χ2v) is 6.46. The standard InChI is InChI=1S/C10H19NO10S/c12-4-5(13)7(15)9(8(16)6(4)14)21-10(17)11-2-1-3-22(18,19)20/h4-9,12-16H,1-3H2,(H,11,17)(H,18,19,20)/t4-,5-,6+,7+,8?,9+/m1/s1. The highest BCUT2D eigenvalue weighted by molar-refractivity contribution is 7.85. The van der Waals surface area contributed by atoms with Crippen molar-refractivity contribution in [1.29, 1.82) is 0 Å². The number of amides is 1. The maximum atomic E-state index is 11.4.